The molecule has 1 heterocycles. The quantitative estimate of drug-likeness (QED) is 0.413. The van der Waals surface area contributed by atoms with E-state index in [1.54, 1.807) is 24.0 Å². The van der Waals surface area contributed by atoms with Crippen molar-refractivity contribution in [3.8, 4) is 16.9 Å². The fraction of sp³-hybridized carbons (Fsp3) is 0.387. The SMILES string of the molecule is [2H]C([2H])([2H])Oc1cccc([C@@H]2[C@H](N[S@](=O)C(C)(C)C)CCN2C(=O)OCC2c3ccccc3-c3ccccc32)c1C. The number of nitrogens with zero attached hydrogens (tertiary/aromatic N) is 1. The van der Waals surface area contributed by atoms with Crippen LogP contribution in [-0.4, -0.2) is 46.2 Å². The Morgan fingerprint density at radius 3 is 2.29 bits per heavy atom. The van der Waals surface area contributed by atoms with Crippen LogP contribution >= 0.6 is 0 Å². The van der Waals surface area contributed by atoms with Crippen molar-refractivity contribution in [3.63, 3.8) is 0 Å². The average Bonchev–Trinajstić information content (AvgIpc) is 3.46. The summed E-state index contributed by atoms with van der Waals surface area (Å²) in [4.78, 5) is 15.4. The van der Waals surface area contributed by atoms with E-state index in [4.69, 9.17) is 13.6 Å². The lowest BCUT2D eigenvalue weighted by Crippen LogP contribution is -2.44. The van der Waals surface area contributed by atoms with Gasteiger partial charge in [-0.1, -0.05) is 60.7 Å². The van der Waals surface area contributed by atoms with Crippen molar-refractivity contribution >= 4 is 17.1 Å². The summed E-state index contributed by atoms with van der Waals surface area (Å²) in [5, 5.41) is 0. The van der Waals surface area contributed by atoms with E-state index in [2.05, 4.69) is 29.0 Å². The zero-order valence-electron chi connectivity index (χ0n) is 25.2. The Morgan fingerprint density at radius 1 is 1.03 bits per heavy atom. The first kappa shape index (κ1) is 22.8. The van der Waals surface area contributed by atoms with Crippen LogP contribution in [0.5, 0.6) is 5.75 Å². The van der Waals surface area contributed by atoms with Gasteiger partial charge in [0.25, 0.3) is 0 Å². The molecule has 7 heteroatoms. The molecule has 0 radical (unpaired) electrons. The lowest BCUT2D eigenvalue weighted by molar-refractivity contribution is 0.0938. The van der Waals surface area contributed by atoms with E-state index in [9.17, 15) is 9.00 Å². The Kier molecular flexibility index (Phi) is 6.32. The molecular weight excluding hydrogens is 496 g/mol. The highest BCUT2D eigenvalue weighted by Crippen LogP contribution is 2.45. The number of nitrogens with one attached hydrogen (secondary N) is 1. The molecule has 3 aromatic rings. The second kappa shape index (κ2) is 10.5. The first-order valence-electron chi connectivity index (χ1n) is 14.4. The molecule has 1 amide bonds. The standard InChI is InChI=1S/C31H36N2O4S/c1-20-21(15-10-16-28(20)36-5)29-27(32-38(35)31(2,3)4)17-18-33(29)30(34)37-19-26-24-13-8-6-11-22(24)23-12-7-9-14-25(23)26/h6-16,26-27,29,32H,17-19H2,1-5H3/t27-,29-,38-/m1/s1/i5D3. The fourth-order valence-electron chi connectivity index (χ4n) is 5.56. The van der Waals surface area contributed by atoms with Crippen LogP contribution in [0, 0.1) is 6.92 Å². The van der Waals surface area contributed by atoms with Gasteiger partial charge in [0.05, 0.1) is 32.9 Å². The summed E-state index contributed by atoms with van der Waals surface area (Å²) < 4.78 is 49.8. The molecule has 1 fully saturated rings. The Balaban J connectivity index is 1.43. The van der Waals surface area contributed by atoms with Crippen molar-refractivity contribution in [1.82, 2.24) is 9.62 Å². The van der Waals surface area contributed by atoms with Gasteiger partial charge in [-0.25, -0.2) is 13.7 Å². The topological polar surface area (TPSA) is 67.9 Å². The number of benzene rings is 3. The van der Waals surface area contributed by atoms with E-state index in [1.807, 2.05) is 51.1 Å². The maximum absolute atomic E-state index is 13.7. The van der Waals surface area contributed by atoms with Crippen LogP contribution in [0.2, 0.25) is 0 Å². The average molecular weight is 536 g/mol. The fourth-order valence-corrected chi connectivity index (χ4v) is 6.43. The summed E-state index contributed by atoms with van der Waals surface area (Å²) in [6.07, 6.45) is 0.0877. The van der Waals surface area contributed by atoms with Crippen LogP contribution in [-0.2, 0) is 15.7 Å². The number of likely N-dealkylation sites (tertiary alicyclic amines) is 1. The molecule has 6 nitrogen and oxygen atoms in total. The van der Waals surface area contributed by atoms with E-state index < -0.39 is 34.9 Å². The molecule has 0 bridgehead atoms. The number of fused-ring (bicyclic) bond motifs is 3. The van der Waals surface area contributed by atoms with Crippen LogP contribution in [0.1, 0.15) is 65.5 Å². The summed E-state index contributed by atoms with van der Waals surface area (Å²) in [6, 6.07) is 20.7. The summed E-state index contributed by atoms with van der Waals surface area (Å²) in [5.74, 6) is 0.144. The molecule has 5 rings (SSSR count). The van der Waals surface area contributed by atoms with Crippen molar-refractivity contribution in [2.45, 2.75) is 56.9 Å². The van der Waals surface area contributed by atoms with Crippen molar-refractivity contribution < 1.29 is 22.6 Å². The zero-order valence-corrected chi connectivity index (χ0v) is 23.0. The number of carbonyl (C=O) groups is 1. The van der Waals surface area contributed by atoms with Crippen LogP contribution in [0.15, 0.2) is 66.7 Å². The third kappa shape index (κ3) is 4.85. The van der Waals surface area contributed by atoms with Gasteiger partial charge in [-0.2, -0.15) is 0 Å². The van der Waals surface area contributed by atoms with Crippen molar-refractivity contribution in [1.29, 1.82) is 0 Å². The number of rotatable bonds is 6. The maximum atomic E-state index is 13.7. The Bertz CT molecular complexity index is 1420. The molecule has 1 saturated heterocycles. The van der Waals surface area contributed by atoms with Gasteiger partial charge in [0, 0.05) is 18.5 Å². The number of carbonyl (C=O) groups excluding carboxylic acids is 1. The van der Waals surface area contributed by atoms with Crippen LogP contribution in [0.3, 0.4) is 0 Å². The van der Waals surface area contributed by atoms with Gasteiger partial charge >= 0.3 is 6.09 Å². The second-order valence-corrected chi connectivity index (χ2v) is 12.9. The molecule has 2 aliphatic rings. The normalized spacial score (nSPS) is 21.2. The Hall–Kier alpha value is -3.16. The molecule has 0 unspecified atom stereocenters. The van der Waals surface area contributed by atoms with Gasteiger partial charge < -0.3 is 9.47 Å². The smallest absolute Gasteiger partial charge is 0.410 e. The minimum Gasteiger partial charge on any atom is -0.496 e. The van der Waals surface area contributed by atoms with Crippen molar-refractivity contribution in [2.24, 2.45) is 0 Å². The molecule has 0 aromatic heterocycles. The summed E-state index contributed by atoms with van der Waals surface area (Å²) >= 11 is 0. The molecule has 0 saturated carbocycles. The summed E-state index contributed by atoms with van der Waals surface area (Å²) in [6.45, 7) is 8.02. The molecule has 200 valence electrons. The van der Waals surface area contributed by atoms with Crippen molar-refractivity contribution in [3.05, 3.63) is 89.0 Å². The van der Waals surface area contributed by atoms with Crippen LogP contribution in [0.4, 0.5) is 4.79 Å². The number of amides is 1. The van der Waals surface area contributed by atoms with Gasteiger partial charge in [0.2, 0.25) is 0 Å². The monoisotopic (exact) mass is 535 g/mol. The predicted octanol–water partition coefficient (Wildman–Crippen LogP) is 6.12. The lowest BCUT2D eigenvalue weighted by Gasteiger charge is -2.31. The van der Waals surface area contributed by atoms with E-state index in [0.29, 0.717) is 18.5 Å². The third-order valence-electron chi connectivity index (χ3n) is 7.54. The minimum absolute atomic E-state index is 0.0764. The largest absolute Gasteiger partial charge is 0.496 e. The Labute approximate surface area is 232 Å². The van der Waals surface area contributed by atoms with E-state index >= 15 is 0 Å². The highest BCUT2D eigenvalue weighted by Gasteiger charge is 2.42. The molecule has 1 N–H and O–H groups in total. The molecule has 3 aromatic carbocycles. The van der Waals surface area contributed by atoms with E-state index in [-0.39, 0.29) is 24.3 Å². The minimum atomic E-state index is -2.61. The first-order valence-corrected chi connectivity index (χ1v) is 14.1. The molecule has 1 aliphatic heterocycles. The molecule has 0 spiro atoms. The summed E-state index contributed by atoms with van der Waals surface area (Å²) in [5.41, 5.74) is 5.90. The highest BCUT2D eigenvalue weighted by atomic mass is 32.2. The van der Waals surface area contributed by atoms with Crippen LogP contribution < -0.4 is 9.46 Å². The molecule has 3 atom stereocenters. The van der Waals surface area contributed by atoms with Crippen molar-refractivity contribution in [2.75, 3.05) is 20.2 Å². The van der Waals surface area contributed by atoms with Gasteiger partial charge in [-0.05, 0) is 73.6 Å². The van der Waals surface area contributed by atoms with E-state index in [1.165, 1.54) is 0 Å². The van der Waals surface area contributed by atoms with Gasteiger partial charge in [0.1, 0.15) is 12.4 Å². The van der Waals surface area contributed by atoms with Gasteiger partial charge in [0.15, 0.2) is 0 Å². The third-order valence-corrected chi connectivity index (χ3v) is 9.17. The predicted molar refractivity (Wildman–Crippen MR) is 152 cm³/mol. The van der Waals surface area contributed by atoms with Gasteiger partial charge in [-0.3, -0.25) is 4.90 Å². The highest BCUT2D eigenvalue weighted by molar-refractivity contribution is 7.84. The number of ether oxygens (including phenoxy) is 2. The zero-order chi connectivity index (χ0) is 29.5. The first-order chi connectivity index (χ1) is 19.3. The lowest BCUT2D eigenvalue weighted by atomic mass is 9.96. The number of hydrogen-bond donors (Lipinski definition) is 1. The van der Waals surface area contributed by atoms with Gasteiger partial charge in [-0.15, -0.1) is 0 Å². The van der Waals surface area contributed by atoms with Crippen LogP contribution in [0.25, 0.3) is 11.1 Å². The Morgan fingerprint density at radius 2 is 1.66 bits per heavy atom. The molecule has 1 aliphatic carbocycles. The maximum Gasteiger partial charge on any atom is 0.410 e. The van der Waals surface area contributed by atoms with E-state index in [0.717, 1.165) is 27.8 Å². The number of hydrogen-bond acceptors (Lipinski definition) is 4. The number of methoxy groups -OCH3 is 1. The molecular formula is C31H36N2O4S. The second-order valence-electron chi connectivity index (χ2n) is 10.9. The summed E-state index contributed by atoms with van der Waals surface area (Å²) in [7, 11) is -4.00. The molecule has 38 heavy (non-hydrogen) atoms.